The minimum Gasteiger partial charge on any atom is -0.471 e. The third kappa shape index (κ3) is 6.15. The molecule has 0 aliphatic rings. The van der Waals surface area contributed by atoms with Crippen LogP contribution in [-0.2, 0) is 16.2 Å². The van der Waals surface area contributed by atoms with Crippen molar-refractivity contribution < 1.29 is 28.6 Å². The second-order valence-corrected chi connectivity index (χ2v) is 8.50. The number of ether oxygens (including phenoxy) is 3. The number of amides is 1. The van der Waals surface area contributed by atoms with Gasteiger partial charge in [0.05, 0.1) is 18.8 Å². The van der Waals surface area contributed by atoms with Gasteiger partial charge in [0.15, 0.2) is 12.4 Å². The molecule has 0 saturated heterocycles. The zero-order chi connectivity index (χ0) is 24.7. The van der Waals surface area contributed by atoms with Gasteiger partial charge in [-0.15, -0.1) is 11.3 Å². The summed E-state index contributed by atoms with van der Waals surface area (Å²) < 4.78 is 17.4. The zero-order valence-electron chi connectivity index (χ0n) is 18.9. The summed E-state index contributed by atoms with van der Waals surface area (Å²) in [5.41, 5.74) is 0.616. The van der Waals surface area contributed by atoms with E-state index in [0.29, 0.717) is 22.8 Å². The van der Waals surface area contributed by atoms with Crippen molar-refractivity contribution in [1.82, 2.24) is 9.78 Å². The van der Waals surface area contributed by atoms with Crippen molar-refractivity contribution in [2.24, 2.45) is 0 Å². The molecule has 0 aliphatic carbocycles. The normalized spacial score (nSPS) is 10.6. The van der Waals surface area contributed by atoms with E-state index in [1.54, 1.807) is 44.3 Å². The van der Waals surface area contributed by atoms with Crippen molar-refractivity contribution in [3.63, 3.8) is 0 Å². The predicted molar refractivity (Wildman–Crippen MR) is 128 cm³/mol. The third-order valence-corrected chi connectivity index (χ3v) is 5.93. The van der Waals surface area contributed by atoms with Gasteiger partial charge in [0.2, 0.25) is 0 Å². The van der Waals surface area contributed by atoms with Crippen LogP contribution in [-0.4, -0.2) is 40.8 Å². The molecule has 11 heteroatoms. The summed E-state index contributed by atoms with van der Waals surface area (Å²) in [6, 6.07) is 8.42. The summed E-state index contributed by atoms with van der Waals surface area (Å²) in [5, 5.41) is 7.61. The molecular formula is C23H24ClN3O6S. The first-order valence-electron chi connectivity index (χ1n) is 10.5. The molecular weight excluding hydrogens is 482 g/mol. The Morgan fingerprint density at radius 1 is 1.15 bits per heavy atom. The molecule has 1 N–H and O–H groups in total. The molecule has 180 valence electrons. The maximum atomic E-state index is 12.8. The second-order valence-electron chi connectivity index (χ2n) is 7.04. The number of thiophene rings is 1. The largest absolute Gasteiger partial charge is 0.471 e. The number of nitrogens with one attached hydrogen (secondary N) is 1. The van der Waals surface area contributed by atoms with Crippen LogP contribution in [0.3, 0.4) is 0 Å². The Bertz CT molecular complexity index is 1190. The molecule has 0 atom stereocenters. The number of anilines is 1. The van der Waals surface area contributed by atoms with Crippen LogP contribution >= 0.6 is 22.9 Å². The summed E-state index contributed by atoms with van der Waals surface area (Å²) in [7, 11) is 0. The lowest BCUT2D eigenvalue weighted by molar-refractivity contribution is 0.0506. The smallest absolute Gasteiger partial charge is 0.348 e. The lowest BCUT2D eigenvalue weighted by Gasteiger charge is -2.07. The van der Waals surface area contributed by atoms with E-state index in [1.807, 2.05) is 6.92 Å². The van der Waals surface area contributed by atoms with Crippen LogP contribution in [0.2, 0.25) is 5.02 Å². The first-order chi connectivity index (χ1) is 16.3. The number of hydrogen-bond donors (Lipinski definition) is 1. The van der Waals surface area contributed by atoms with Crippen LogP contribution in [0.1, 0.15) is 56.3 Å². The summed E-state index contributed by atoms with van der Waals surface area (Å²) in [6.07, 6.45) is 2.22. The second kappa shape index (κ2) is 11.7. The summed E-state index contributed by atoms with van der Waals surface area (Å²) >= 11 is 6.90. The number of nitrogens with zero attached hydrogens (tertiary/aromatic N) is 2. The fourth-order valence-electron chi connectivity index (χ4n) is 2.92. The van der Waals surface area contributed by atoms with Gasteiger partial charge in [-0.25, -0.2) is 14.3 Å². The molecule has 0 radical (unpaired) electrons. The lowest BCUT2D eigenvalue weighted by Crippen LogP contribution is -2.16. The first-order valence-corrected chi connectivity index (χ1v) is 11.7. The number of halogens is 1. The molecule has 0 fully saturated rings. The maximum absolute atomic E-state index is 12.8. The van der Waals surface area contributed by atoms with E-state index in [9.17, 15) is 14.4 Å². The standard InChI is InChI=1S/C23H24ClN3O6S/c1-4-11-32-22(29)18-14(3)19(23(30)31-5-2)34-21(18)25-20(28)17-9-10-27(26-17)13-33-16-8-6-7-15(24)12-16/h6-10,12H,4-5,11,13H2,1-3H3,(H,25,28). The zero-order valence-corrected chi connectivity index (χ0v) is 20.5. The van der Waals surface area contributed by atoms with Gasteiger partial charge in [0.1, 0.15) is 15.6 Å². The molecule has 0 spiro atoms. The van der Waals surface area contributed by atoms with Crippen LogP contribution in [0.5, 0.6) is 5.75 Å². The van der Waals surface area contributed by atoms with E-state index in [0.717, 1.165) is 11.3 Å². The number of esters is 2. The first kappa shape index (κ1) is 25.3. The number of aromatic nitrogens is 2. The minimum atomic E-state index is -0.623. The fraction of sp³-hybridized carbons (Fsp3) is 0.304. The van der Waals surface area contributed by atoms with Crippen molar-refractivity contribution in [3.05, 3.63) is 63.2 Å². The number of hydrogen-bond acceptors (Lipinski definition) is 8. The molecule has 0 saturated carbocycles. The van der Waals surface area contributed by atoms with Gasteiger partial charge >= 0.3 is 11.9 Å². The molecule has 0 bridgehead atoms. The highest BCUT2D eigenvalue weighted by Gasteiger charge is 2.28. The lowest BCUT2D eigenvalue weighted by atomic mass is 10.1. The van der Waals surface area contributed by atoms with Crippen LogP contribution in [0.15, 0.2) is 36.5 Å². The fourth-order valence-corrected chi connectivity index (χ4v) is 4.19. The predicted octanol–water partition coefficient (Wildman–Crippen LogP) is 4.94. The van der Waals surface area contributed by atoms with Crippen LogP contribution in [0.4, 0.5) is 5.00 Å². The molecule has 2 aromatic heterocycles. The van der Waals surface area contributed by atoms with E-state index in [-0.39, 0.29) is 41.1 Å². The van der Waals surface area contributed by atoms with E-state index in [4.69, 9.17) is 25.8 Å². The monoisotopic (exact) mass is 505 g/mol. The highest BCUT2D eigenvalue weighted by atomic mass is 35.5. The SMILES string of the molecule is CCCOC(=O)c1c(NC(=O)c2ccn(COc3cccc(Cl)c3)n2)sc(C(=O)OCC)c1C. The van der Waals surface area contributed by atoms with Crippen molar-refractivity contribution in [3.8, 4) is 5.75 Å². The van der Waals surface area contributed by atoms with Gasteiger partial charge in [-0.2, -0.15) is 5.10 Å². The van der Waals surface area contributed by atoms with Gasteiger partial charge in [0, 0.05) is 11.2 Å². The van der Waals surface area contributed by atoms with E-state index in [2.05, 4.69) is 10.4 Å². The van der Waals surface area contributed by atoms with Gasteiger partial charge in [-0.05, 0) is 50.1 Å². The van der Waals surface area contributed by atoms with Crippen molar-refractivity contribution in [2.75, 3.05) is 18.5 Å². The minimum absolute atomic E-state index is 0.0628. The van der Waals surface area contributed by atoms with E-state index >= 15 is 0 Å². The van der Waals surface area contributed by atoms with E-state index in [1.165, 1.54) is 10.7 Å². The topological polar surface area (TPSA) is 109 Å². The highest BCUT2D eigenvalue weighted by molar-refractivity contribution is 7.18. The Labute approximate surface area is 205 Å². The summed E-state index contributed by atoms with van der Waals surface area (Å²) in [6.45, 7) is 5.63. The molecule has 3 rings (SSSR count). The molecule has 9 nitrogen and oxygen atoms in total. The average molecular weight is 506 g/mol. The van der Waals surface area contributed by atoms with Crippen molar-refractivity contribution in [1.29, 1.82) is 0 Å². The van der Waals surface area contributed by atoms with Gasteiger partial charge in [-0.3, -0.25) is 4.79 Å². The molecule has 1 aromatic carbocycles. The number of carbonyl (C=O) groups excluding carboxylic acids is 3. The van der Waals surface area contributed by atoms with Crippen LogP contribution < -0.4 is 10.1 Å². The quantitative estimate of drug-likeness (QED) is 0.389. The van der Waals surface area contributed by atoms with Gasteiger partial charge in [0.25, 0.3) is 5.91 Å². The molecule has 0 aliphatic heterocycles. The van der Waals surface area contributed by atoms with Crippen molar-refractivity contribution in [2.45, 2.75) is 33.9 Å². The number of benzene rings is 1. The molecule has 0 unspecified atom stereocenters. The van der Waals surface area contributed by atoms with Crippen molar-refractivity contribution >= 4 is 45.8 Å². The summed E-state index contributed by atoms with van der Waals surface area (Å²) in [5.74, 6) is -1.19. The highest BCUT2D eigenvalue weighted by Crippen LogP contribution is 2.34. The molecule has 3 aromatic rings. The summed E-state index contributed by atoms with van der Waals surface area (Å²) in [4.78, 5) is 38.0. The average Bonchev–Trinajstić information content (AvgIpc) is 3.41. The molecule has 2 heterocycles. The Morgan fingerprint density at radius 3 is 2.65 bits per heavy atom. The van der Waals surface area contributed by atoms with Crippen LogP contribution in [0, 0.1) is 6.92 Å². The van der Waals surface area contributed by atoms with E-state index < -0.39 is 17.8 Å². The Morgan fingerprint density at radius 2 is 1.94 bits per heavy atom. The maximum Gasteiger partial charge on any atom is 0.348 e. The Balaban J connectivity index is 1.77. The number of rotatable bonds is 10. The Hall–Kier alpha value is -3.37. The molecule has 1 amide bonds. The van der Waals surface area contributed by atoms with Crippen LogP contribution in [0.25, 0.3) is 0 Å². The Kier molecular flexibility index (Phi) is 8.67. The van der Waals surface area contributed by atoms with Gasteiger partial charge < -0.3 is 19.5 Å². The van der Waals surface area contributed by atoms with Gasteiger partial charge in [-0.1, -0.05) is 24.6 Å². The third-order valence-electron chi connectivity index (χ3n) is 4.51. The molecule has 34 heavy (non-hydrogen) atoms. The number of carbonyl (C=O) groups is 3.